The summed E-state index contributed by atoms with van der Waals surface area (Å²) in [6, 6.07) is 2.30. The van der Waals surface area contributed by atoms with Gasteiger partial charge in [0.15, 0.2) is 0 Å². The number of nitrogens with zero attached hydrogens (tertiary/aromatic N) is 1. The van der Waals surface area contributed by atoms with E-state index >= 15 is 0 Å². The van der Waals surface area contributed by atoms with Crippen molar-refractivity contribution in [3.63, 3.8) is 0 Å². The van der Waals surface area contributed by atoms with Crippen LogP contribution >= 0.6 is 0 Å². The largest absolute Gasteiger partial charge is 0.391 e. The van der Waals surface area contributed by atoms with Crippen molar-refractivity contribution in [2.75, 3.05) is 13.2 Å². The molecule has 1 heterocycles. The van der Waals surface area contributed by atoms with Crippen LogP contribution in [0.5, 0.6) is 0 Å². The third-order valence-corrected chi connectivity index (χ3v) is 3.94. The molecule has 84 valence electrons. The maximum atomic E-state index is 10.3. The van der Waals surface area contributed by atoms with Gasteiger partial charge in [-0.05, 0) is 25.2 Å². The second-order valence-electron chi connectivity index (χ2n) is 4.91. The summed E-state index contributed by atoms with van der Waals surface area (Å²) in [6.45, 7) is 1.04. The minimum absolute atomic E-state index is 0.320. The molecule has 2 rings (SSSR count). The average Bonchev–Trinajstić information content (AvgIpc) is 2.79. The fraction of sp³-hybridized carbons (Fsp3) is 0.917. The first-order valence-electron chi connectivity index (χ1n) is 5.95. The summed E-state index contributed by atoms with van der Waals surface area (Å²) in [7, 11) is 0. The van der Waals surface area contributed by atoms with Gasteiger partial charge in [-0.15, -0.1) is 0 Å². The molecule has 1 N–H and O–H groups in total. The fourth-order valence-electron chi connectivity index (χ4n) is 2.87. The zero-order chi connectivity index (χ0) is 10.7. The van der Waals surface area contributed by atoms with E-state index in [1.54, 1.807) is 0 Å². The number of aliphatic hydroxyl groups is 1. The molecule has 0 aromatic rings. The van der Waals surface area contributed by atoms with E-state index in [4.69, 9.17) is 4.74 Å². The molecule has 3 nitrogen and oxygen atoms in total. The van der Waals surface area contributed by atoms with Crippen LogP contribution < -0.4 is 0 Å². The number of hydrogen-bond acceptors (Lipinski definition) is 3. The molecule has 0 radical (unpaired) electrons. The van der Waals surface area contributed by atoms with Gasteiger partial charge in [0.25, 0.3) is 0 Å². The van der Waals surface area contributed by atoms with Crippen molar-refractivity contribution in [3.05, 3.63) is 0 Å². The molecule has 1 saturated heterocycles. The zero-order valence-corrected chi connectivity index (χ0v) is 9.11. The minimum Gasteiger partial charge on any atom is -0.391 e. The second kappa shape index (κ2) is 4.51. The quantitative estimate of drug-likeness (QED) is 0.755. The van der Waals surface area contributed by atoms with Gasteiger partial charge in [-0.1, -0.05) is 19.3 Å². The summed E-state index contributed by atoms with van der Waals surface area (Å²) >= 11 is 0. The van der Waals surface area contributed by atoms with Gasteiger partial charge < -0.3 is 9.84 Å². The lowest BCUT2D eigenvalue weighted by molar-refractivity contribution is -0.00570. The van der Waals surface area contributed by atoms with Gasteiger partial charge in [-0.25, -0.2) is 0 Å². The van der Waals surface area contributed by atoms with Gasteiger partial charge in [0.2, 0.25) is 0 Å². The van der Waals surface area contributed by atoms with Crippen LogP contribution in [0.1, 0.15) is 38.5 Å². The zero-order valence-electron chi connectivity index (χ0n) is 9.11. The van der Waals surface area contributed by atoms with Gasteiger partial charge in [0.05, 0.1) is 18.8 Å². The molecular formula is C12H19NO2. The molecule has 0 aromatic carbocycles. The van der Waals surface area contributed by atoms with Crippen molar-refractivity contribution in [2.45, 2.75) is 44.6 Å². The van der Waals surface area contributed by atoms with Crippen LogP contribution in [0.15, 0.2) is 0 Å². The molecule has 1 aliphatic heterocycles. The summed E-state index contributed by atoms with van der Waals surface area (Å²) in [4.78, 5) is 0. The Balaban J connectivity index is 2.04. The summed E-state index contributed by atoms with van der Waals surface area (Å²) in [5.41, 5.74) is -0.609. The SMILES string of the molecule is N#CC1(C(O)C2CCCCC2)CCOC1. The Morgan fingerprint density at radius 2 is 2.07 bits per heavy atom. The van der Waals surface area contributed by atoms with E-state index in [0.717, 1.165) is 12.8 Å². The first-order valence-corrected chi connectivity index (χ1v) is 5.95. The molecular weight excluding hydrogens is 190 g/mol. The Morgan fingerprint density at radius 3 is 2.60 bits per heavy atom. The van der Waals surface area contributed by atoms with E-state index in [2.05, 4.69) is 6.07 Å². The number of nitriles is 1. The average molecular weight is 209 g/mol. The molecule has 3 heteroatoms. The van der Waals surface area contributed by atoms with Crippen molar-refractivity contribution in [1.29, 1.82) is 5.26 Å². The number of hydrogen-bond donors (Lipinski definition) is 1. The minimum atomic E-state index is -0.609. The predicted molar refractivity (Wildman–Crippen MR) is 56.1 cm³/mol. The van der Waals surface area contributed by atoms with Crippen LogP contribution in [0.3, 0.4) is 0 Å². The molecule has 0 aromatic heterocycles. The Labute approximate surface area is 91.0 Å². The third-order valence-electron chi connectivity index (χ3n) is 3.94. The normalized spacial score (nSPS) is 34.9. The fourth-order valence-corrected chi connectivity index (χ4v) is 2.87. The topological polar surface area (TPSA) is 53.2 Å². The lowest BCUT2D eigenvalue weighted by Gasteiger charge is -2.34. The molecule has 1 saturated carbocycles. The number of aliphatic hydroxyl groups excluding tert-OH is 1. The number of rotatable bonds is 2. The molecule has 2 fully saturated rings. The summed E-state index contributed by atoms with van der Waals surface area (Å²) < 4.78 is 5.28. The molecule has 2 unspecified atom stereocenters. The van der Waals surface area contributed by atoms with Gasteiger partial charge in [-0.2, -0.15) is 5.26 Å². The highest BCUT2D eigenvalue weighted by Crippen LogP contribution is 2.39. The summed E-state index contributed by atoms with van der Waals surface area (Å²) in [5, 5.41) is 19.5. The van der Waals surface area contributed by atoms with E-state index in [0.29, 0.717) is 25.6 Å². The lowest BCUT2D eigenvalue weighted by atomic mass is 9.72. The number of ether oxygens (including phenoxy) is 1. The van der Waals surface area contributed by atoms with Crippen LogP contribution in [0.4, 0.5) is 0 Å². The van der Waals surface area contributed by atoms with Gasteiger partial charge in [0, 0.05) is 6.61 Å². The summed E-state index contributed by atoms with van der Waals surface area (Å²) in [6.07, 6.45) is 6.04. The van der Waals surface area contributed by atoms with Crippen LogP contribution in [0.25, 0.3) is 0 Å². The Hall–Kier alpha value is -0.590. The highest BCUT2D eigenvalue weighted by atomic mass is 16.5. The van der Waals surface area contributed by atoms with Crippen LogP contribution in [-0.2, 0) is 4.74 Å². The monoisotopic (exact) mass is 209 g/mol. The van der Waals surface area contributed by atoms with E-state index in [1.165, 1.54) is 19.3 Å². The maximum absolute atomic E-state index is 10.3. The molecule has 15 heavy (non-hydrogen) atoms. The van der Waals surface area contributed by atoms with Crippen molar-refractivity contribution >= 4 is 0 Å². The predicted octanol–water partition coefficient (Wildman–Crippen LogP) is 1.86. The highest BCUT2D eigenvalue weighted by Gasteiger charge is 2.45. The van der Waals surface area contributed by atoms with Crippen LogP contribution in [0, 0.1) is 22.7 Å². The Kier molecular flexibility index (Phi) is 3.28. The van der Waals surface area contributed by atoms with E-state index in [9.17, 15) is 10.4 Å². The molecule has 0 spiro atoms. The Bertz CT molecular complexity index is 247. The van der Waals surface area contributed by atoms with Crippen LogP contribution in [-0.4, -0.2) is 24.4 Å². The standard InChI is InChI=1S/C12H19NO2/c13-8-12(6-7-15-9-12)11(14)10-4-2-1-3-5-10/h10-11,14H,1-7,9H2. The molecule has 2 atom stereocenters. The van der Waals surface area contributed by atoms with E-state index in [-0.39, 0.29) is 0 Å². The highest BCUT2D eigenvalue weighted by molar-refractivity contribution is 5.07. The molecule has 0 amide bonds. The molecule has 0 bridgehead atoms. The van der Waals surface area contributed by atoms with Crippen molar-refractivity contribution in [2.24, 2.45) is 11.3 Å². The van der Waals surface area contributed by atoms with E-state index in [1.807, 2.05) is 0 Å². The van der Waals surface area contributed by atoms with Crippen molar-refractivity contribution < 1.29 is 9.84 Å². The first-order chi connectivity index (χ1) is 7.28. The lowest BCUT2D eigenvalue weighted by Crippen LogP contribution is -2.40. The smallest absolute Gasteiger partial charge is 0.109 e. The van der Waals surface area contributed by atoms with E-state index < -0.39 is 11.5 Å². The molecule has 2 aliphatic rings. The van der Waals surface area contributed by atoms with Gasteiger partial charge >= 0.3 is 0 Å². The Morgan fingerprint density at radius 1 is 1.33 bits per heavy atom. The maximum Gasteiger partial charge on any atom is 0.109 e. The van der Waals surface area contributed by atoms with Gasteiger partial charge in [0.1, 0.15) is 5.41 Å². The van der Waals surface area contributed by atoms with Crippen molar-refractivity contribution in [1.82, 2.24) is 0 Å². The van der Waals surface area contributed by atoms with Gasteiger partial charge in [-0.3, -0.25) is 0 Å². The second-order valence-corrected chi connectivity index (χ2v) is 4.91. The molecule has 1 aliphatic carbocycles. The first kappa shape index (κ1) is 10.9. The summed E-state index contributed by atoms with van der Waals surface area (Å²) in [5.74, 6) is 0.320. The van der Waals surface area contributed by atoms with Crippen molar-refractivity contribution in [3.8, 4) is 6.07 Å². The van der Waals surface area contributed by atoms with Crippen LogP contribution in [0.2, 0.25) is 0 Å². The third kappa shape index (κ3) is 2.02.